The van der Waals surface area contributed by atoms with E-state index in [9.17, 15) is 13.2 Å². The molecule has 0 atom stereocenters. The fourth-order valence-corrected chi connectivity index (χ4v) is 4.65. The molecule has 6 nitrogen and oxygen atoms in total. The van der Waals surface area contributed by atoms with Gasteiger partial charge in [-0.05, 0) is 37.6 Å². The number of methoxy groups -OCH3 is 1. The van der Waals surface area contributed by atoms with E-state index in [-0.39, 0.29) is 16.8 Å². The van der Waals surface area contributed by atoms with Gasteiger partial charge >= 0.3 is 0 Å². The number of rotatable bonds is 10. The lowest BCUT2D eigenvalue weighted by molar-refractivity contribution is -0.115. The molecule has 0 heterocycles. The fourth-order valence-electron chi connectivity index (χ4n) is 2.47. The van der Waals surface area contributed by atoms with Gasteiger partial charge in [0.25, 0.3) is 0 Å². The summed E-state index contributed by atoms with van der Waals surface area (Å²) < 4.78 is 32.5. The van der Waals surface area contributed by atoms with Crippen molar-refractivity contribution in [1.82, 2.24) is 4.72 Å². The quantitative estimate of drug-likeness (QED) is 0.571. The van der Waals surface area contributed by atoms with Gasteiger partial charge < -0.3 is 10.1 Å². The monoisotopic (exact) mass is 422 g/mol. The third-order valence-corrected chi connectivity index (χ3v) is 6.42. The first kappa shape index (κ1) is 22.3. The Morgan fingerprint density at radius 3 is 2.50 bits per heavy atom. The van der Waals surface area contributed by atoms with Gasteiger partial charge in [0.1, 0.15) is 5.75 Å². The Balaban J connectivity index is 1.97. The zero-order valence-electron chi connectivity index (χ0n) is 16.3. The highest BCUT2D eigenvalue weighted by molar-refractivity contribution is 7.98. The number of ether oxygens (including phenoxy) is 1. The minimum absolute atomic E-state index is 0.0794. The zero-order valence-corrected chi connectivity index (χ0v) is 17.9. The number of thioether (sulfide) groups is 1. The highest BCUT2D eigenvalue weighted by Gasteiger charge is 2.18. The summed E-state index contributed by atoms with van der Waals surface area (Å²) in [7, 11) is -2.18. The Labute approximate surface area is 171 Å². The molecule has 1 amide bonds. The molecule has 2 aromatic carbocycles. The summed E-state index contributed by atoms with van der Waals surface area (Å²) in [6.07, 6.45) is 0.321. The van der Waals surface area contributed by atoms with Crippen LogP contribution in [0.4, 0.5) is 5.69 Å². The smallest absolute Gasteiger partial charge is 0.240 e. The molecule has 0 unspecified atom stereocenters. The zero-order chi connectivity index (χ0) is 20.6. The number of carbonyl (C=O) groups excluding carboxylic acids is 1. The van der Waals surface area contributed by atoms with Crippen LogP contribution in [0.1, 0.15) is 25.8 Å². The van der Waals surface area contributed by atoms with Gasteiger partial charge in [0, 0.05) is 24.0 Å². The molecule has 2 aromatic rings. The number of carbonyl (C=O) groups is 1. The molecule has 0 saturated carbocycles. The van der Waals surface area contributed by atoms with Crippen LogP contribution in [0.3, 0.4) is 0 Å². The van der Waals surface area contributed by atoms with Crippen LogP contribution in [-0.2, 0) is 20.6 Å². The van der Waals surface area contributed by atoms with Crippen molar-refractivity contribution in [2.24, 2.45) is 0 Å². The first-order valence-electron chi connectivity index (χ1n) is 8.93. The summed E-state index contributed by atoms with van der Waals surface area (Å²) in [5.74, 6) is 1.72. The lowest BCUT2D eigenvalue weighted by atomic mass is 10.2. The number of nitrogens with one attached hydrogen (secondary N) is 2. The first-order valence-corrected chi connectivity index (χ1v) is 11.6. The summed E-state index contributed by atoms with van der Waals surface area (Å²) in [4.78, 5) is 12.4. The summed E-state index contributed by atoms with van der Waals surface area (Å²) in [5.41, 5.74) is 1.55. The van der Waals surface area contributed by atoms with Crippen molar-refractivity contribution in [1.29, 1.82) is 0 Å². The van der Waals surface area contributed by atoms with E-state index in [1.54, 1.807) is 25.6 Å². The predicted molar refractivity (Wildman–Crippen MR) is 114 cm³/mol. The summed E-state index contributed by atoms with van der Waals surface area (Å²) in [5, 5.41) is 2.76. The fraction of sp³-hybridized carbons (Fsp3) is 0.350. The minimum atomic E-state index is -3.66. The van der Waals surface area contributed by atoms with Gasteiger partial charge in [0.2, 0.25) is 15.9 Å². The van der Waals surface area contributed by atoms with Crippen molar-refractivity contribution < 1.29 is 17.9 Å². The largest absolute Gasteiger partial charge is 0.495 e. The van der Waals surface area contributed by atoms with E-state index in [1.165, 1.54) is 30.9 Å². The molecule has 2 rings (SSSR count). The number of sulfonamides is 1. The molecular formula is C20H26N2O4S2. The number of hydrogen-bond acceptors (Lipinski definition) is 5. The van der Waals surface area contributed by atoms with Crippen molar-refractivity contribution in [2.45, 2.75) is 37.0 Å². The van der Waals surface area contributed by atoms with Gasteiger partial charge in [-0.3, -0.25) is 4.79 Å². The predicted octanol–water partition coefficient (Wildman–Crippen LogP) is 3.64. The van der Waals surface area contributed by atoms with Crippen LogP contribution in [0.15, 0.2) is 53.4 Å². The Morgan fingerprint density at radius 1 is 1.14 bits per heavy atom. The van der Waals surface area contributed by atoms with Crippen molar-refractivity contribution in [3.63, 3.8) is 0 Å². The van der Waals surface area contributed by atoms with Gasteiger partial charge in [-0.1, -0.05) is 30.3 Å². The van der Waals surface area contributed by atoms with Crippen LogP contribution in [0.25, 0.3) is 0 Å². The SMILES string of the molecule is COc1ccc(S(=O)(=O)NC(C)C)cc1NC(=O)CCSCc1ccccc1. The molecule has 0 aliphatic rings. The molecule has 2 N–H and O–H groups in total. The first-order chi connectivity index (χ1) is 13.3. The molecule has 0 saturated heterocycles. The van der Waals surface area contributed by atoms with Crippen molar-refractivity contribution in [3.8, 4) is 5.75 Å². The molecule has 8 heteroatoms. The van der Waals surface area contributed by atoms with E-state index in [1.807, 2.05) is 18.2 Å². The second-order valence-corrected chi connectivity index (χ2v) is 9.29. The van der Waals surface area contributed by atoms with Crippen LogP contribution in [0.5, 0.6) is 5.75 Å². The number of hydrogen-bond donors (Lipinski definition) is 2. The van der Waals surface area contributed by atoms with Crippen molar-refractivity contribution in [2.75, 3.05) is 18.2 Å². The molecule has 0 radical (unpaired) electrons. The molecule has 0 aliphatic heterocycles. The number of amides is 1. The molecule has 0 fully saturated rings. The summed E-state index contributed by atoms with van der Waals surface area (Å²) >= 11 is 1.67. The van der Waals surface area contributed by atoms with Gasteiger partial charge in [0.05, 0.1) is 17.7 Å². The van der Waals surface area contributed by atoms with Crippen LogP contribution in [0, 0.1) is 0 Å². The maximum Gasteiger partial charge on any atom is 0.240 e. The Morgan fingerprint density at radius 2 is 1.86 bits per heavy atom. The Kier molecular flexibility index (Phi) is 8.35. The average Bonchev–Trinajstić information content (AvgIpc) is 2.65. The summed E-state index contributed by atoms with van der Waals surface area (Å²) in [6, 6.07) is 14.2. The van der Waals surface area contributed by atoms with Crippen LogP contribution < -0.4 is 14.8 Å². The second kappa shape index (κ2) is 10.5. The lowest BCUT2D eigenvalue weighted by Crippen LogP contribution is -2.30. The van der Waals surface area contributed by atoms with E-state index >= 15 is 0 Å². The van der Waals surface area contributed by atoms with Gasteiger partial charge in [-0.2, -0.15) is 11.8 Å². The maximum atomic E-state index is 12.4. The average molecular weight is 423 g/mol. The van der Waals surface area contributed by atoms with Gasteiger partial charge in [-0.25, -0.2) is 13.1 Å². The molecule has 0 aromatic heterocycles. The number of anilines is 1. The van der Waals surface area contributed by atoms with Crippen LogP contribution >= 0.6 is 11.8 Å². The normalized spacial score (nSPS) is 11.4. The standard InChI is InChI=1S/C20H26N2O4S2/c1-15(2)22-28(24,25)17-9-10-19(26-3)18(13-17)21-20(23)11-12-27-14-16-7-5-4-6-8-16/h4-10,13,15,22H,11-12,14H2,1-3H3,(H,21,23). The van der Waals surface area contributed by atoms with E-state index in [0.717, 1.165) is 5.75 Å². The topological polar surface area (TPSA) is 84.5 Å². The Hall–Kier alpha value is -2.03. The van der Waals surface area contributed by atoms with Gasteiger partial charge in [0.15, 0.2) is 0 Å². The van der Waals surface area contributed by atoms with E-state index in [4.69, 9.17) is 4.74 Å². The molecule has 0 bridgehead atoms. The molecule has 0 spiro atoms. The third kappa shape index (κ3) is 6.85. The maximum absolute atomic E-state index is 12.4. The second-order valence-electron chi connectivity index (χ2n) is 6.47. The van der Waals surface area contributed by atoms with Crippen molar-refractivity contribution >= 4 is 33.4 Å². The highest BCUT2D eigenvalue weighted by atomic mass is 32.2. The van der Waals surface area contributed by atoms with E-state index in [0.29, 0.717) is 23.6 Å². The van der Waals surface area contributed by atoms with Crippen LogP contribution in [0.2, 0.25) is 0 Å². The molecular weight excluding hydrogens is 396 g/mol. The molecule has 0 aliphatic carbocycles. The number of benzene rings is 2. The van der Waals surface area contributed by atoms with E-state index < -0.39 is 10.0 Å². The van der Waals surface area contributed by atoms with Gasteiger partial charge in [-0.15, -0.1) is 0 Å². The lowest BCUT2D eigenvalue weighted by Gasteiger charge is -2.14. The van der Waals surface area contributed by atoms with Crippen LogP contribution in [-0.4, -0.2) is 33.2 Å². The van der Waals surface area contributed by atoms with E-state index in [2.05, 4.69) is 22.2 Å². The Bertz CT molecular complexity index is 884. The third-order valence-electron chi connectivity index (χ3n) is 3.73. The molecule has 152 valence electrons. The van der Waals surface area contributed by atoms with Crippen molar-refractivity contribution in [3.05, 3.63) is 54.1 Å². The summed E-state index contributed by atoms with van der Waals surface area (Å²) in [6.45, 7) is 3.49. The molecule has 28 heavy (non-hydrogen) atoms. The minimum Gasteiger partial charge on any atom is -0.495 e. The highest BCUT2D eigenvalue weighted by Crippen LogP contribution is 2.28.